The summed E-state index contributed by atoms with van der Waals surface area (Å²) in [6, 6.07) is 11.9. The Bertz CT molecular complexity index is 950. The molecule has 1 aliphatic heterocycles. The van der Waals surface area contributed by atoms with Gasteiger partial charge in [-0.15, -0.1) is 0 Å². The average Bonchev–Trinajstić information content (AvgIpc) is 2.84. The van der Waals surface area contributed by atoms with Crippen LogP contribution in [0.5, 0.6) is 11.5 Å². The van der Waals surface area contributed by atoms with Crippen LogP contribution >= 0.6 is 0 Å². The predicted octanol–water partition coefficient (Wildman–Crippen LogP) is 4.98. The summed E-state index contributed by atoms with van der Waals surface area (Å²) >= 11 is 0. The maximum absolute atomic E-state index is 12.5. The standard InChI is InChI=1S/C27H37N3O3/c1-5-7-18-33-25-12-8-22(20-26(25)32-4)9-13-27(31)28-24-11-10-23(19-21(24)3)30-16-14-29(6-2)15-17-30/h8-13,19-20H,5-7,14-18H2,1-4H3,(H,28,31)/b13-9+. The summed E-state index contributed by atoms with van der Waals surface area (Å²) in [5, 5.41) is 2.99. The largest absolute Gasteiger partial charge is 0.493 e. The minimum atomic E-state index is -0.162. The second kappa shape index (κ2) is 12.3. The fraction of sp³-hybridized carbons (Fsp3) is 0.444. The van der Waals surface area contributed by atoms with Crippen molar-refractivity contribution in [2.45, 2.75) is 33.6 Å². The molecule has 1 aliphatic rings. The van der Waals surface area contributed by atoms with Crippen molar-refractivity contribution < 1.29 is 14.3 Å². The third-order valence-corrected chi connectivity index (χ3v) is 6.02. The molecule has 3 rings (SSSR count). The Labute approximate surface area is 198 Å². The number of anilines is 2. The number of nitrogens with zero attached hydrogens (tertiary/aromatic N) is 2. The zero-order valence-corrected chi connectivity index (χ0v) is 20.4. The van der Waals surface area contributed by atoms with Crippen molar-refractivity contribution in [3.05, 3.63) is 53.6 Å². The second-order valence-electron chi connectivity index (χ2n) is 8.36. The van der Waals surface area contributed by atoms with Gasteiger partial charge in [-0.1, -0.05) is 26.3 Å². The molecule has 6 heteroatoms. The molecule has 0 radical (unpaired) electrons. The molecule has 2 aromatic carbocycles. The van der Waals surface area contributed by atoms with Crippen LogP contribution in [0.2, 0.25) is 0 Å². The summed E-state index contributed by atoms with van der Waals surface area (Å²) in [7, 11) is 1.62. The quantitative estimate of drug-likeness (QED) is 0.408. The summed E-state index contributed by atoms with van der Waals surface area (Å²) in [5.41, 5.74) is 3.98. The van der Waals surface area contributed by atoms with Gasteiger partial charge in [0.1, 0.15) is 0 Å². The van der Waals surface area contributed by atoms with Gasteiger partial charge in [0.05, 0.1) is 13.7 Å². The highest BCUT2D eigenvalue weighted by Crippen LogP contribution is 2.29. The van der Waals surface area contributed by atoms with E-state index >= 15 is 0 Å². The number of aryl methyl sites for hydroxylation is 1. The van der Waals surface area contributed by atoms with Crippen molar-refractivity contribution in [2.24, 2.45) is 0 Å². The Morgan fingerprint density at radius 2 is 1.85 bits per heavy atom. The molecule has 0 spiro atoms. The Kier molecular flexibility index (Phi) is 9.19. The van der Waals surface area contributed by atoms with Gasteiger partial charge in [-0.05, 0) is 67.4 Å². The van der Waals surface area contributed by atoms with Crippen LogP contribution in [0.3, 0.4) is 0 Å². The topological polar surface area (TPSA) is 54.0 Å². The second-order valence-corrected chi connectivity index (χ2v) is 8.36. The molecular formula is C27H37N3O3. The monoisotopic (exact) mass is 451 g/mol. The third kappa shape index (κ3) is 6.99. The minimum Gasteiger partial charge on any atom is -0.493 e. The zero-order valence-electron chi connectivity index (χ0n) is 20.4. The van der Waals surface area contributed by atoms with Crippen LogP contribution in [0.1, 0.15) is 37.8 Å². The summed E-state index contributed by atoms with van der Waals surface area (Å²) in [5.74, 6) is 1.23. The lowest BCUT2D eigenvalue weighted by atomic mass is 10.1. The number of hydrogen-bond acceptors (Lipinski definition) is 5. The Balaban J connectivity index is 1.59. The van der Waals surface area contributed by atoms with Gasteiger partial charge in [-0.3, -0.25) is 4.79 Å². The van der Waals surface area contributed by atoms with E-state index in [0.29, 0.717) is 12.4 Å². The van der Waals surface area contributed by atoms with Crippen LogP contribution < -0.4 is 19.7 Å². The number of nitrogens with one attached hydrogen (secondary N) is 1. The zero-order chi connectivity index (χ0) is 23.6. The number of piperazine rings is 1. The molecule has 1 N–H and O–H groups in total. The molecule has 2 aromatic rings. The van der Waals surface area contributed by atoms with E-state index < -0.39 is 0 Å². The van der Waals surface area contributed by atoms with E-state index in [1.807, 2.05) is 31.2 Å². The molecule has 1 fully saturated rings. The van der Waals surface area contributed by atoms with Crippen LogP contribution in [0.15, 0.2) is 42.5 Å². The number of amides is 1. The van der Waals surface area contributed by atoms with Gasteiger partial charge in [-0.2, -0.15) is 0 Å². The molecule has 0 aromatic heterocycles. The number of likely N-dealkylation sites (N-methyl/N-ethyl adjacent to an activating group) is 1. The first-order valence-electron chi connectivity index (χ1n) is 11.9. The van der Waals surface area contributed by atoms with E-state index in [1.54, 1.807) is 19.3 Å². The fourth-order valence-electron chi connectivity index (χ4n) is 3.89. The molecule has 33 heavy (non-hydrogen) atoms. The molecule has 1 saturated heterocycles. The van der Waals surface area contributed by atoms with E-state index in [-0.39, 0.29) is 5.91 Å². The van der Waals surface area contributed by atoms with Gasteiger partial charge in [0, 0.05) is 43.6 Å². The molecular weight excluding hydrogens is 414 g/mol. The number of carbonyl (C=O) groups excluding carboxylic acids is 1. The Hall–Kier alpha value is -2.99. The van der Waals surface area contributed by atoms with Crippen LogP contribution in [-0.2, 0) is 4.79 Å². The first-order chi connectivity index (χ1) is 16.0. The van der Waals surface area contributed by atoms with Crippen molar-refractivity contribution in [3.63, 3.8) is 0 Å². The lowest BCUT2D eigenvalue weighted by Gasteiger charge is -2.35. The van der Waals surface area contributed by atoms with Crippen molar-refractivity contribution in [3.8, 4) is 11.5 Å². The fourth-order valence-corrected chi connectivity index (χ4v) is 3.89. The first kappa shape index (κ1) is 24.6. The van der Waals surface area contributed by atoms with Crippen LogP contribution in [0, 0.1) is 6.92 Å². The average molecular weight is 452 g/mol. The van der Waals surface area contributed by atoms with E-state index in [4.69, 9.17) is 9.47 Å². The molecule has 1 heterocycles. The molecule has 178 valence electrons. The van der Waals surface area contributed by atoms with Crippen LogP contribution in [0.4, 0.5) is 11.4 Å². The van der Waals surface area contributed by atoms with Gasteiger partial charge in [0.25, 0.3) is 0 Å². The maximum atomic E-state index is 12.5. The molecule has 0 atom stereocenters. The molecule has 0 aliphatic carbocycles. The molecule has 0 bridgehead atoms. The van der Waals surface area contributed by atoms with Crippen molar-refractivity contribution in [1.82, 2.24) is 4.90 Å². The molecule has 0 saturated carbocycles. The number of methoxy groups -OCH3 is 1. The normalized spacial score (nSPS) is 14.5. The Morgan fingerprint density at radius 1 is 1.06 bits per heavy atom. The summed E-state index contributed by atoms with van der Waals surface area (Å²) in [6.45, 7) is 12.4. The van der Waals surface area contributed by atoms with E-state index in [9.17, 15) is 4.79 Å². The lowest BCUT2D eigenvalue weighted by Crippen LogP contribution is -2.46. The predicted molar refractivity (Wildman–Crippen MR) is 137 cm³/mol. The first-order valence-corrected chi connectivity index (χ1v) is 11.9. The van der Waals surface area contributed by atoms with Crippen LogP contribution in [0.25, 0.3) is 6.08 Å². The van der Waals surface area contributed by atoms with E-state index in [0.717, 1.165) is 68.1 Å². The van der Waals surface area contributed by atoms with Crippen molar-refractivity contribution in [1.29, 1.82) is 0 Å². The third-order valence-electron chi connectivity index (χ3n) is 6.02. The van der Waals surface area contributed by atoms with E-state index in [1.165, 1.54) is 5.69 Å². The molecule has 6 nitrogen and oxygen atoms in total. The highest BCUT2D eigenvalue weighted by molar-refractivity contribution is 6.02. The van der Waals surface area contributed by atoms with Gasteiger partial charge < -0.3 is 24.6 Å². The van der Waals surface area contributed by atoms with Crippen LogP contribution in [-0.4, -0.2) is 57.2 Å². The highest BCUT2D eigenvalue weighted by Gasteiger charge is 2.16. The van der Waals surface area contributed by atoms with Gasteiger partial charge in [0.15, 0.2) is 11.5 Å². The van der Waals surface area contributed by atoms with Crippen molar-refractivity contribution >= 4 is 23.4 Å². The summed E-state index contributed by atoms with van der Waals surface area (Å²) in [4.78, 5) is 17.4. The Morgan fingerprint density at radius 3 is 2.52 bits per heavy atom. The highest BCUT2D eigenvalue weighted by atomic mass is 16.5. The van der Waals surface area contributed by atoms with Gasteiger partial charge in [0.2, 0.25) is 5.91 Å². The SMILES string of the molecule is CCCCOc1ccc(/C=C/C(=O)Nc2ccc(N3CCN(CC)CC3)cc2C)cc1OC. The number of benzene rings is 2. The molecule has 0 unspecified atom stereocenters. The molecule has 1 amide bonds. The number of carbonyl (C=O) groups is 1. The van der Waals surface area contributed by atoms with E-state index in [2.05, 4.69) is 41.1 Å². The van der Waals surface area contributed by atoms with Gasteiger partial charge in [-0.25, -0.2) is 0 Å². The summed E-state index contributed by atoms with van der Waals surface area (Å²) in [6.07, 6.45) is 5.41. The number of rotatable bonds is 10. The van der Waals surface area contributed by atoms with Crippen molar-refractivity contribution in [2.75, 3.05) is 56.7 Å². The number of ether oxygens (including phenoxy) is 2. The number of unbranched alkanes of at least 4 members (excludes halogenated alkanes) is 1. The number of hydrogen-bond donors (Lipinski definition) is 1. The van der Waals surface area contributed by atoms with Gasteiger partial charge >= 0.3 is 0 Å². The minimum absolute atomic E-state index is 0.162. The lowest BCUT2D eigenvalue weighted by molar-refractivity contribution is -0.111. The smallest absolute Gasteiger partial charge is 0.248 e. The summed E-state index contributed by atoms with van der Waals surface area (Å²) < 4.78 is 11.2. The maximum Gasteiger partial charge on any atom is 0.248 e.